The third-order valence-electron chi connectivity index (χ3n) is 3.22. The normalized spacial score (nSPS) is 26.0. The van der Waals surface area contributed by atoms with E-state index in [4.69, 9.17) is 9.52 Å². The van der Waals surface area contributed by atoms with Crippen molar-refractivity contribution in [1.82, 2.24) is 10.2 Å². The van der Waals surface area contributed by atoms with Gasteiger partial charge >= 0.3 is 0 Å². The molecule has 0 radical (unpaired) electrons. The quantitative estimate of drug-likeness (QED) is 0.786. The summed E-state index contributed by atoms with van der Waals surface area (Å²) in [5.74, 6) is 0.253. The molecule has 0 aromatic carbocycles. The van der Waals surface area contributed by atoms with Crippen molar-refractivity contribution >= 4 is 0 Å². The standard InChI is InChI=1S/C12H18N2O3/c1-8-4-13-5-9(2)14(8)6-10-3-11(15)12(16)7-17-10/h3,7-9,13,16H,4-6H2,1-2H3. The van der Waals surface area contributed by atoms with Crippen molar-refractivity contribution in [2.24, 2.45) is 0 Å². The molecular formula is C12H18N2O3. The molecule has 2 atom stereocenters. The van der Waals surface area contributed by atoms with Gasteiger partial charge in [0.1, 0.15) is 12.0 Å². The van der Waals surface area contributed by atoms with Crippen molar-refractivity contribution in [2.45, 2.75) is 32.5 Å². The molecule has 0 spiro atoms. The maximum absolute atomic E-state index is 11.3. The first kappa shape index (κ1) is 12.1. The fourth-order valence-electron chi connectivity index (χ4n) is 2.19. The van der Waals surface area contributed by atoms with Crippen LogP contribution < -0.4 is 10.7 Å². The molecule has 1 fully saturated rings. The molecule has 2 N–H and O–H groups in total. The monoisotopic (exact) mass is 238 g/mol. The minimum atomic E-state index is -0.387. The lowest BCUT2D eigenvalue weighted by molar-refractivity contribution is 0.0989. The first-order chi connectivity index (χ1) is 8.08. The Bertz CT molecular complexity index is 434. The first-order valence-electron chi connectivity index (χ1n) is 5.85. The van der Waals surface area contributed by atoms with Crippen LogP contribution in [0.2, 0.25) is 0 Å². The highest BCUT2D eigenvalue weighted by atomic mass is 16.4. The molecule has 2 rings (SSSR count). The van der Waals surface area contributed by atoms with Gasteiger partial charge < -0.3 is 14.8 Å². The first-order valence-corrected chi connectivity index (χ1v) is 5.85. The van der Waals surface area contributed by atoms with Crippen LogP contribution in [0.3, 0.4) is 0 Å². The third kappa shape index (κ3) is 2.68. The van der Waals surface area contributed by atoms with Gasteiger partial charge in [-0.1, -0.05) is 0 Å². The van der Waals surface area contributed by atoms with Gasteiger partial charge in [0.15, 0.2) is 5.75 Å². The minimum Gasteiger partial charge on any atom is -0.502 e. The van der Waals surface area contributed by atoms with E-state index in [1.807, 2.05) is 0 Å². The average molecular weight is 238 g/mol. The smallest absolute Gasteiger partial charge is 0.226 e. The zero-order valence-corrected chi connectivity index (χ0v) is 10.1. The molecule has 1 aromatic rings. The van der Waals surface area contributed by atoms with Crippen LogP contribution in [-0.2, 0) is 6.54 Å². The zero-order chi connectivity index (χ0) is 12.4. The fraction of sp³-hybridized carbons (Fsp3) is 0.583. The van der Waals surface area contributed by atoms with E-state index in [0.717, 1.165) is 19.4 Å². The number of piperazine rings is 1. The van der Waals surface area contributed by atoms with E-state index in [0.29, 0.717) is 24.4 Å². The summed E-state index contributed by atoms with van der Waals surface area (Å²) in [6.45, 7) is 6.75. The molecular weight excluding hydrogens is 220 g/mol. The SMILES string of the molecule is CC1CNCC(C)N1Cc1cc(=O)c(O)co1. The molecule has 1 aromatic heterocycles. The van der Waals surface area contributed by atoms with Gasteiger partial charge in [-0.25, -0.2) is 0 Å². The second-order valence-corrected chi connectivity index (χ2v) is 4.62. The predicted octanol–water partition coefficient (Wildman–Crippen LogP) is 0.528. The molecule has 0 amide bonds. The number of nitrogens with zero attached hydrogens (tertiary/aromatic N) is 1. The Morgan fingerprint density at radius 2 is 2.12 bits per heavy atom. The number of aromatic hydroxyl groups is 1. The van der Waals surface area contributed by atoms with Crippen LogP contribution in [0.5, 0.6) is 5.75 Å². The molecule has 2 heterocycles. The highest BCUT2D eigenvalue weighted by Gasteiger charge is 2.25. The van der Waals surface area contributed by atoms with Crippen molar-refractivity contribution < 1.29 is 9.52 Å². The van der Waals surface area contributed by atoms with Crippen LogP contribution in [0, 0.1) is 0 Å². The Labute approximate surface area is 100 Å². The van der Waals surface area contributed by atoms with Crippen molar-refractivity contribution in [3.63, 3.8) is 0 Å². The van der Waals surface area contributed by atoms with E-state index in [1.54, 1.807) is 0 Å². The predicted molar refractivity (Wildman–Crippen MR) is 64.0 cm³/mol. The minimum absolute atomic E-state index is 0.338. The third-order valence-corrected chi connectivity index (χ3v) is 3.22. The molecule has 94 valence electrons. The van der Waals surface area contributed by atoms with Crippen molar-refractivity contribution in [1.29, 1.82) is 0 Å². The Morgan fingerprint density at radius 3 is 2.71 bits per heavy atom. The Kier molecular flexibility index (Phi) is 3.49. The maximum atomic E-state index is 11.3. The van der Waals surface area contributed by atoms with Gasteiger partial charge in [-0.05, 0) is 13.8 Å². The largest absolute Gasteiger partial charge is 0.502 e. The van der Waals surface area contributed by atoms with E-state index in [-0.39, 0.29) is 11.2 Å². The Morgan fingerprint density at radius 1 is 1.47 bits per heavy atom. The van der Waals surface area contributed by atoms with Crippen LogP contribution in [0.15, 0.2) is 21.5 Å². The summed E-state index contributed by atoms with van der Waals surface area (Å²) in [6.07, 6.45) is 1.11. The summed E-state index contributed by atoms with van der Waals surface area (Å²) in [7, 11) is 0. The average Bonchev–Trinajstić information content (AvgIpc) is 2.28. The molecule has 1 saturated heterocycles. The van der Waals surface area contributed by atoms with Gasteiger partial charge in [0.05, 0.1) is 6.54 Å². The van der Waals surface area contributed by atoms with Crippen LogP contribution in [0.25, 0.3) is 0 Å². The maximum Gasteiger partial charge on any atom is 0.226 e. The van der Waals surface area contributed by atoms with Gasteiger partial charge in [-0.3, -0.25) is 9.69 Å². The van der Waals surface area contributed by atoms with Crippen LogP contribution >= 0.6 is 0 Å². The van der Waals surface area contributed by atoms with E-state index in [1.165, 1.54) is 6.07 Å². The van der Waals surface area contributed by atoms with Crippen LogP contribution in [0.1, 0.15) is 19.6 Å². The van der Waals surface area contributed by atoms with Gasteiger partial charge in [0, 0.05) is 31.2 Å². The lowest BCUT2D eigenvalue weighted by Gasteiger charge is -2.38. The van der Waals surface area contributed by atoms with E-state index in [2.05, 4.69) is 24.1 Å². The highest BCUT2D eigenvalue weighted by Crippen LogP contribution is 2.14. The van der Waals surface area contributed by atoms with Crippen LogP contribution in [0.4, 0.5) is 0 Å². The summed E-state index contributed by atoms with van der Waals surface area (Å²) in [6, 6.07) is 2.16. The summed E-state index contributed by atoms with van der Waals surface area (Å²) < 4.78 is 5.23. The summed E-state index contributed by atoms with van der Waals surface area (Å²) in [5, 5.41) is 12.5. The van der Waals surface area contributed by atoms with E-state index in [9.17, 15) is 4.79 Å². The molecule has 2 unspecified atom stereocenters. The molecule has 5 heteroatoms. The number of hydrogen-bond acceptors (Lipinski definition) is 5. The zero-order valence-electron chi connectivity index (χ0n) is 10.1. The molecule has 0 saturated carbocycles. The number of nitrogens with one attached hydrogen (secondary N) is 1. The van der Waals surface area contributed by atoms with E-state index >= 15 is 0 Å². The summed E-state index contributed by atoms with van der Waals surface area (Å²) in [5.41, 5.74) is -0.387. The molecule has 0 bridgehead atoms. The van der Waals surface area contributed by atoms with Gasteiger partial charge in [-0.2, -0.15) is 0 Å². The molecule has 1 aliphatic rings. The lowest BCUT2D eigenvalue weighted by atomic mass is 10.1. The Hall–Kier alpha value is -1.33. The highest BCUT2D eigenvalue weighted by molar-refractivity contribution is 5.15. The number of hydrogen-bond donors (Lipinski definition) is 2. The van der Waals surface area contributed by atoms with Crippen molar-refractivity contribution in [3.8, 4) is 5.75 Å². The summed E-state index contributed by atoms with van der Waals surface area (Å²) in [4.78, 5) is 13.6. The Balaban J connectivity index is 2.13. The lowest BCUT2D eigenvalue weighted by Crippen LogP contribution is -2.54. The fourth-order valence-corrected chi connectivity index (χ4v) is 2.19. The second-order valence-electron chi connectivity index (χ2n) is 4.62. The number of rotatable bonds is 2. The van der Waals surface area contributed by atoms with Crippen LogP contribution in [-0.4, -0.2) is 35.2 Å². The summed E-state index contributed by atoms with van der Waals surface area (Å²) >= 11 is 0. The van der Waals surface area contributed by atoms with Gasteiger partial charge in [0.25, 0.3) is 0 Å². The van der Waals surface area contributed by atoms with Gasteiger partial charge in [0.2, 0.25) is 5.43 Å². The van der Waals surface area contributed by atoms with Crippen molar-refractivity contribution in [2.75, 3.05) is 13.1 Å². The van der Waals surface area contributed by atoms with Gasteiger partial charge in [-0.15, -0.1) is 0 Å². The molecule has 1 aliphatic heterocycles. The topological polar surface area (TPSA) is 65.7 Å². The van der Waals surface area contributed by atoms with E-state index < -0.39 is 0 Å². The molecule has 0 aliphatic carbocycles. The van der Waals surface area contributed by atoms with Crippen molar-refractivity contribution in [3.05, 3.63) is 28.3 Å². The molecule has 17 heavy (non-hydrogen) atoms. The molecule has 5 nitrogen and oxygen atoms in total. The second kappa shape index (κ2) is 4.89.